The number of aliphatic imine (C=N–C) groups is 1. The molecule has 168 valence electrons. The zero-order valence-electron chi connectivity index (χ0n) is 18.5. The molecule has 1 saturated heterocycles. The lowest BCUT2D eigenvalue weighted by Gasteiger charge is -2.21. The summed E-state index contributed by atoms with van der Waals surface area (Å²) in [6.45, 7) is 7.21. The van der Waals surface area contributed by atoms with E-state index in [0.717, 1.165) is 44.1 Å². The molecule has 30 heavy (non-hydrogen) atoms. The summed E-state index contributed by atoms with van der Waals surface area (Å²) < 4.78 is 5.97. The molecule has 1 amide bonds. The van der Waals surface area contributed by atoms with Gasteiger partial charge in [-0.25, -0.2) is 0 Å². The predicted octanol–water partition coefficient (Wildman–Crippen LogP) is 3.76. The third-order valence-corrected chi connectivity index (χ3v) is 5.96. The van der Waals surface area contributed by atoms with E-state index in [-0.39, 0.29) is 35.9 Å². The first-order chi connectivity index (χ1) is 14.1. The first-order valence-electron chi connectivity index (χ1n) is 11.1. The molecule has 0 radical (unpaired) electrons. The molecule has 1 atom stereocenters. The molecule has 2 fully saturated rings. The number of guanidine groups is 1. The van der Waals surface area contributed by atoms with Gasteiger partial charge in [0.2, 0.25) is 5.91 Å². The van der Waals surface area contributed by atoms with Gasteiger partial charge in [-0.2, -0.15) is 0 Å². The van der Waals surface area contributed by atoms with Crippen LogP contribution < -0.4 is 15.4 Å². The van der Waals surface area contributed by atoms with Crippen molar-refractivity contribution >= 4 is 35.8 Å². The minimum Gasteiger partial charge on any atom is -0.491 e. The first kappa shape index (κ1) is 24.8. The molecule has 2 aliphatic rings. The summed E-state index contributed by atoms with van der Waals surface area (Å²) in [7, 11) is 1.78. The van der Waals surface area contributed by atoms with Gasteiger partial charge in [0.25, 0.3) is 0 Å². The van der Waals surface area contributed by atoms with Crippen LogP contribution in [-0.4, -0.2) is 56.1 Å². The lowest BCUT2D eigenvalue weighted by atomic mass is 10.0. The Bertz CT molecular complexity index is 704. The highest BCUT2D eigenvalue weighted by atomic mass is 127. The van der Waals surface area contributed by atoms with Gasteiger partial charge in [0.15, 0.2) is 5.96 Å². The fourth-order valence-electron chi connectivity index (χ4n) is 4.32. The maximum atomic E-state index is 12.6. The zero-order valence-corrected chi connectivity index (χ0v) is 20.9. The largest absolute Gasteiger partial charge is 0.491 e. The molecule has 1 aliphatic carbocycles. The summed E-state index contributed by atoms with van der Waals surface area (Å²) in [6.07, 6.45) is 5.50. The molecule has 0 aromatic heterocycles. The lowest BCUT2D eigenvalue weighted by Crippen LogP contribution is -2.46. The number of carbonyl (C=O) groups is 1. The number of carbonyl (C=O) groups excluding carboxylic acids is 1. The Kier molecular flexibility index (Phi) is 10.2. The minimum absolute atomic E-state index is 0. The summed E-state index contributed by atoms with van der Waals surface area (Å²) in [5.41, 5.74) is 1.23. The van der Waals surface area contributed by atoms with Crippen molar-refractivity contribution in [2.75, 3.05) is 33.3 Å². The van der Waals surface area contributed by atoms with Gasteiger partial charge in [0.1, 0.15) is 12.4 Å². The number of likely N-dealkylation sites (tertiary alicyclic amines) is 1. The first-order valence-corrected chi connectivity index (χ1v) is 11.1. The monoisotopic (exact) mass is 528 g/mol. The molecule has 1 unspecified atom stereocenters. The maximum absolute atomic E-state index is 12.6. The summed E-state index contributed by atoms with van der Waals surface area (Å²) in [5, 5.41) is 6.78. The third-order valence-electron chi connectivity index (χ3n) is 5.96. The Hall–Kier alpha value is -1.51. The van der Waals surface area contributed by atoms with Crippen LogP contribution in [0.2, 0.25) is 0 Å². The highest BCUT2D eigenvalue weighted by molar-refractivity contribution is 14.0. The van der Waals surface area contributed by atoms with Crippen molar-refractivity contribution in [3.05, 3.63) is 29.8 Å². The maximum Gasteiger partial charge on any atom is 0.225 e. The Balaban J connectivity index is 0.00000320. The van der Waals surface area contributed by atoms with Crippen LogP contribution >= 0.6 is 24.0 Å². The van der Waals surface area contributed by atoms with Gasteiger partial charge in [0.05, 0.1) is 6.54 Å². The van der Waals surface area contributed by atoms with E-state index in [1.165, 1.54) is 18.4 Å². The van der Waals surface area contributed by atoms with E-state index in [1.807, 2.05) is 17.0 Å². The van der Waals surface area contributed by atoms with Crippen molar-refractivity contribution in [1.82, 2.24) is 15.5 Å². The number of amides is 1. The number of hydrogen-bond acceptors (Lipinski definition) is 3. The summed E-state index contributed by atoms with van der Waals surface area (Å²) in [6, 6.07) is 8.46. The van der Waals surface area contributed by atoms with Gasteiger partial charge in [0, 0.05) is 32.1 Å². The number of nitrogens with zero attached hydrogens (tertiary/aromatic N) is 2. The van der Waals surface area contributed by atoms with E-state index in [9.17, 15) is 4.79 Å². The molecule has 1 heterocycles. The van der Waals surface area contributed by atoms with Crippen molar-refractivity contribution in [3.8, 4) is 5.75 Å². The number of benzene rings is 1. The Morgan fingerprint density at radius 1 is 1.23 bits per heavy atom. The van der Waals surface area contributed by atoms with E-state index in [2.05, 4.69) is 41.6 Å². The van der Waals surface area contributed by atoms with Gasteiger partial charge < -0.3 is 20.3 Å². The quantitative estimate of drug-likeness (QED) is 0.245. The van der Waals surface area contributed by atoms with Crippen LogP contribution in [0.3, 0.4) is 0 Å². The molecule has 2 N–H and O–H groups in total. The second-order valence-electron chi connectivity index (χ2n) is 8.44. The smallest absolute Gasteiger partial charge is 0.225 e. The summed E-state index contributed by atoms with van der Waals surface area (Å²) in [5.74, 6) is 2.77. The average molecular weight is 528 g/mol. The van der Waals surface area contributed by atoms with Gasteiger partial charge in [-0.15, -0.1) is 24.0 Å². The molecule has 0 bridgehead atoms. The van der Waals surface area contributed by atoms with E-state index in [4.69, 9.17) is 4.74 Å². The predicted molar refractivity (Wildman–Crippen MR) is 133 cm³/mol. The van der Waals surface area contributed by atoms with Crippen LogP contribution in [0.5, 0.6) is 5.75 Å². The third kappa shape index (κ3) is 6.75. The fraction of sp³-hybridized carbons (Fsp3) is 0.652. The van der Waals surface area contributed by atoms with Crippen LogP contribution in [0.15, 0.2) is 29.3 Å². The molecule has 7 heteroatoms. The highest BCUT2D eigenvalue weighted by Crippen LogP contribution is 2.28. The van der Waals surface area contributed by atoms with Crippen LogP contribution in [0.1, 0.15) is 57.4 Å². The van der Waals surface area contributed by atoms with Crippen LogP contribution in [-0.2, 0) is 4.79 Å². The topological polar surface area (TPSA) is 66.0 Å². The molecular formula is C23H37IN4O2. The van der Waals surface area contributed by atoms with Crippen molar-refractivity contribution in [2.24, 2.45) is 10.9 Å². The Morgan fingerprint density at radius 2 is 1.97 bits per heavy atom. The Labute approximate surface area is 198 Å². The van der Waals surface area contributed by atoms with Crippen LogP contribution in [0, 0.1) is 5.92 Å². The molecule has 0 spiro atoms. The number of rotatable bonds is 7. The van der Waals surface area contributed by atoms with Gasteiger partial charge in [-0.3, -0.25) is 9.79 Å². The van der Waals surface area contributed by atoms with Crippen LogP contribution in [0.25, 0.3) is 0 Å². The molecule has 6 nitrogen and oxygen atoms in total. The normalized spacial score (nSPS) is 19.7. The number of para-hydroxylation sites is 1. The molecule has 1 aromatic rings. The van der Waals surface area contributed by atoms with E-state index in [1.54, 1.807) is 7.05 Å². The second-order valence-corrected chi connectivity index (χ2v) is 8.44. The molecule has 1 aliphatic heterocycles. The molecular weight excluding hydrogens is 491 g/mol. The van der Waals surface area contributed by atoms with E-state index >= 15 is 0 Å². The van der Waals surface area contributed by atoms with Gasteiger partial charge in [-0.05, 0) is 36.8 Å². The summed E-state index contributed by atoms with van der Waals surface area (Å²) in [4.78, 5) is 19.0. The van der Waals surface area contributed by atoms with Crippen molar-refractivity contribution < 1.29 is 9.53 Å². The van der Waals surface area contributed by atoms with Crippen LogP contribution in [0.4, 0.5) is 0 Å². The van der Waals surface area contributed by atoms with Gasteiger partial charge in [-0.1, -0.05) is 44.9 Å². The van der Waals surface area contributed by atoms with Crippen molar-refractivity contribution in [3.63, 3.8) is 0 Å². The summed E-state index contributed by atoms with van der Waals surface area (Å²) >= 11 is 0. The van der Waals surface area contributed by atoms with Crippen molar-refractivity contribution in [2.45, 2.75) is 57.9 Å². The molecule has 1 aromatic carbocycles. The molecule has 1 saturated carbocycles. The Morgan fingerprint density at radius 3 is 2.67 bits per heavy atom. The SMILES string of the molecule is CN=C(NCCOc1ccccc1C(C)C)NC1CCN(C(=O)C2CCCC2)C1.I. The number of halogens is 1. The zero-order chi connectivity index (χ0) is 20.6. The number of hydrogen-bond donors (Lipinski definition) is 2. The van der Waals surface area contributed by atoms with E-state index in [0.29, 0.717) is 25.0 Å². The number of nitrogens with one attached hydrogen (secondary N) is 2. The second kappa shape index (κ2) is 12.4. The van der Waals surface area contributed by atoms with Gasteiger partial charge >= 0.3 is 0 Å². The molecule has 3 rings (SSSR count). The standard InChI is InChI=1S/C23H36N4O2.HI/c1-17(2)20-10-6-7-11-21(20)29-15-13-25-23(24-3)26-19-12-14-27(16-19)22(28)18-8-4-5-9-18;/h6-7,10-11,17-19H,4-5,8-9,12-16H2,1-3H3,(H2,24,25,26);1H. The van der Waals surface area contributed by atoms with Crippen molar-refractivity contribution in [1.29, 1.82) is 0 Å². The minimum atomic E-state index is 0. The fourth-order valence-corrected chi connectivity index (χ4v) is 4.32. The average Bonchev–Trinajstić information content (AvgIpc) is 3.42. The van der Waals surface area contributed by atoms with E-state index < -0.39 is 0 Å². The number of ether oxygens (including phenoxy) is 1. The lowest BCUT2D eigenvalue weighted by molar-refractivity contribution is -0.134. The highest BCUT2D eigenvalue weighted by Gasteiger charge is 2.32.